The summed E-state index contributed by atoms with van der Waals surface area (Å²) in [7, 11) is 0. The summed E-state index contributed by atoms with van der Waals surface area (Å²) in [6, 6.07) is 1.90. The second-order valence-corrected chi connectivity index (χ2v) is 6.34. The van der Waals surface area contributed by atoms with E-state index in [4.69, 9.17) is 4.74 Å². The molecule has 0 aliphatic carbocycles. The molecular formula is C15H19N5O2S. The number of hydrogen-bond donors (Lipinski definition) is 2. The van der Waals surface area contributed by atoms with Crippen LogP contribution in [0.3, 0.4) is 0 Å². The van der Waals surface area contributed by atoms with Crippen LogP contribution in [0.1, 0.15) is 34.7 Å². The second kappa shape index (κ2) is 7.01. The number of amides is 1. The minimum atomic E-state index is -0.189. The zero-order valence-electron chi connectivity index (χ0n) is 13.1. The molecule has 2 aromatic rings. The van der Waals surface area contributed by atoms with E-state index in [-0.39, 0.29) is 12.0 Å². The number of aryl methyl sites for hydroxylation is 2. The lowest BCUT2D eigenvalue weighted by atomic mass is 10.2. The second-order valence-electron chi connectivity index (χ2n) is 5.48. The standard InChI is InChI=1S/C15H19N5O2S/c1-9-6-10(2)18-14(17-9)20-15-19-12(8-23-15)13(21)16-7-11-4-3-5-22-11/h6,8,11H,3-5,7H2,1-2H3,(H,16,21)(H,17,18,19,20). The van der Waals surface area contributed by atoms with Gasteiger partial charge in [0.25, 0.3) is 5.91 Å². The van der Waals surface area contributed by atoms with Gasteiger partial charge < -0.3 is 15.4 Å². The van der Waals surface area contributed by atoms with Crippen LogP contribution >= 0.6 is 11.3 Å². The van der Waals surface area contributed by atoms with Crippen molar-refractivity contribution in [1.82, 2.24) is 20.3 Å². The number of carbonyl (C=O) groups is 1. The molecule has 1 unspecified atom stereocenters. The number of nitrogens with zero attached hydrogens (tertiary/aromatic N) is 3. The van der Waals surface area contributed by atoms with E-state index < -0.39 is 0 Å². The highest BCUT2D eigenvalue weighted by molar-refractivity contribution is 7.14. The number of aromatic nitrogens is 3. The van der Waals surface area contributed by atoms with Crippen LogP contribution in [0.25, 0.3) is 0 Å². The lowest BCUT2D eigenvalue weighted by molar-refractivity contribution is 0.0854. The Labute approximate surface area is 138 Å². The van der Waals surface area contributed by atoms with Crippen LogP contribution in [0.15, 0.2) is 11.4 Å². The highest BCUT2D eigenvalue weighted by Gasteiger charge is 2.18. The first-order valence-corrected chi connectivity index (χ1v) is 8.43. The fraction of sp³-hybridized carbons (Fsp3) is 0.467. The monoisotopic (exact) mass is 333 g/mol. The van der Waals surface area contributed by atoms with Crippen LogP contribution in [0.5, 0.6) is 0 Å². The summed E-state index contributed by atoms with van der Waals surface area (Å²) in [5, 5.41) is 8.21. The molecule has 0 aromatic carbocycles. The maximum absolute atomic E-state index is 12.1. The quantitative estimate of drug-likeness (QED) is 0.872. The molecule has 1 atom stereocenters. The van der Waals surface area contributed by atoms with E-state index >= 15 is 0 Å². The van der Waals surface area contributed by atoms with Gasteiger partial charge in [0.2, 0.25) is 5.95 Å². The summed E-state index contributed by atoms with van der Waals surface area (Å²) in [4.78, 5) is 25.0. The fourth-order valence-corrected chi connectivity index (χ4v) is 3.10. The topological polar surface area (TPSA) is 89.0 Å². The third-order valence-corrected chi connectivity index (χ3v) is 4.21. The van der Waals surface area contributed by atoms with E-state index in [2.05, 4.69) is 25.6 Å². The van der Waals surface area contributed by atoms with Crippen molar-refractivity contribution in [2.24, 2.45) is 0 Å². The summed E-state index contributed by atoms with van der Waals surface area (Å²) in [6.07, 6.45) is 2.17. The average molecular weight is 333 g/mol. The van der Waals surface area contributed by atoms with E-state index in [0.29, 0.717) is 23.3 Å². The van der Waals surface area contributed by atoms with Gasteiger partial charge in [-0.25, -0.2) is 15.0 Å². The van der Waals surface area contributed by atoms with Crippen LogP contribution < -0.4 is 10.6 Å². The van der Waals surface area contributed by atoms with Crippen LogP contribution in [0.2, 0.25) is 0 Å². The Hall–Kier alpha value is -2.06. The van der Waals surface area contributed by atoms with Gasteiger partial charge >= 0.3 is 0 Å². The van der Waals surface area contributed by atoms with Crippen molar-refractivity contribution < 1.29 is 9.53 Å². The maximum atomic E-state index is 12.1. The van der Waals surface area contributed by atoms with Crippen molar-refractivity contribution in [3.05, 3.63) is 28.5 Å². The summed E-state index contributed by atoms with van der Waals surface area (Å²) < 4.78 is 5.48. The summed E-state index contributed by atoms with van der Waals surface area (Å²) >= 11 is 1.35. The highest BCUT2D eigenvalue weighted by Crippen LogP contribution is 2.19. The lowest BCUT2D eigenvalue weighted by Crippen LogP contribution is -2.31. The minimum Gasteiger partial charge on any atom is -0.376 e. The molecule has 23 heavy (non-hydrogen) atoms. The van der Waals surface area contributed by atoms with Gasteiger partial charge in [0.05, 0.1) is 6.10 Å². The molecule has 2 N–H and O–H groups in total. The van der Waals surface area contributed by atoms with E-state index in [9.17, 15) is 4.79 Å². The molecule has 0 saturated carbocycles. The third-order valence-electron chi connectivity index (χ3n) is 3.45. The van der Waals surface area contributed by atoms with Gasteiger partial charge in [0.1, 0.15) is 5.69 Å². The molecule has 0 radical (unpaired) electrons. The Bertz CT molecular complexity index is 677. The first kappa shape index (κ1) is 15.8. The van der Waals surface area contributed by atoms with Crippen LogP contribution in [0, 0.1) is 13.8 Å². The molecule has 7 nitrogen and oxygen atoms in total. The molecule has 1 aliphatic rings. The Morgan fingerprint density at radius 2 is 2.13 bits per heavy atom. The molecule has 3 heterocycles. The fourth-order valence-electron chi connectivity index (χ4n) is 2.42. The first-order valence-electron chi connectivity index (χ1n) is 7.55. The molecular weight excluding hydrogens is 314 g/mol. The first-order chi connectivity index (χ1) is 11.1. The number of hydrogen-bond acceptors (Lipinski definition) is 7. The van der Waals surface area contributed by atoms with Crippen molar-refractivity contribution in [2.75, 3.05) is 18.5 Å². The van der Waals surface area contributed by atoms with Crippen molar-refractivity contribution in [3.8, 4) is 0 Å². The molecule has 3 rings (SSSR count). The molecule has 1 saturated heterocycles. The van der Waals surface area contributed by atoms with Gasteiger partial charge in [0, 0.05) is 29.9 Å². The number of rotatable bonds is 5. The number of ether oxygens (including phenoxy) is 1. The largest absolute Gasteiger partial charge is 0.376 e. The number of thiazole rings is 1. The SMILES string of the molecule is Cc1cc(C)nc(Nc2nc(C(=O)NCC3CCCO3)cs2)n1. The van der Waals surface area contributed by atoms with Gasteiger partial charge in [-0.2, -0.15) is 0 Å². The van der Waals surface area contributed by atoms with Crippen LogP contribution in [0.4, 0.5) is 11.1 Å². The lowest BCUT2D eigenvalue weighted by Gasteiger charge is -2.09. The molecule has 2 aromatic heterocycles. The van der Waals surface area contributed by atoms with Crippen molar-refractivity contribution in [1.29, 1.82) is 0 Å². The highest BCUT2D eigenvalue weighted by atomic mass is 32.1. The van der Waals surface area contributed by atoms with Gasteiger partial charge in [-0.05, 0) is 32.8 Å². The predicted molar refractivity (Wildman–Crippen MR) is 88.2 cm³/mol. The Morgan fingerprint density at radius 3 is 2.83 bits per heavy atom. The molecule has 0 bridgehead atoms. The van der Waals surface area contributed by atoms with Crippen molar-refractivity contribution >= 4 is 28.3 Å². The van der Waals surface area contributed by atoms with Gasteiger partial charge in [-0.1, -0.05) is 0 Å². The summed E-state index contributed by atoms with van der Waals surface area (Å²) in [6.45, 7) is 5.12. The van der Waals surface area contributed by atoms with Crippen molar-refractivity contribution in [2.45, 2.75) is 32.8 Å². The summed E-state index contributed by atoms with van der Waals surface area (Å²) in [5.74, 6) is 0.300. The average Bonchev–Trinajstić information content (AvgIpc) is 3.15. The van der Waals surface area contributed by atoms with Crippen molar-refractivity contribution in [3.63, 3.8) is 0 Å². The van der Waals surface area contributed by atoms with Gasteiger partial charge in [0.15, 0.2) is 5.13 Å². The van der Waals surface area contributed by atoms with Gasteiger partial charge in [-0.15, -0.1) is 11.3 Å². The molecule has 1 fully saturated rings. The third kappa shape index (κ3) is 4.23. The Morgan fingerprint density at radius 1 is 1.35 bits per heavy atom. The number of nitrogens with one attached hydrogen (secondary N) is 2. The van der Waals surface area contributed by atoms with Gasteiger partial charge in [-0.3, -0.25) is 4.79 Å². The normalized spacial score (nSPS) is 17.2. The number of anilines is 2. The molecule has 122 valence electrons. The predicted octanol–water partition coefficient (Wildman–Crippen LogP) is 2.20. The number of carbonyl (C=O) groups excluding carboxylic acids is 1. The smallest absolute Gasteiger partial charge is 0.270 e. The zero-order valence-corrected chi connectivity index (χ0v) is 13.9. The zero-order chi connectivity index (χ0) is 16.2. The van der Waals surface area contributed by atoms with E-state index in [1.807, 2.05) is 19.9 Å². The van der Waals surface area contributed by atoms with Crippen LogP contribution in [-0.4, -0.2) is 40.1 Å². The minimum absolute atomic E-state index is 0.124. The van der Waals surface area contributed by atoms with Crippen LogP contribution in [-0.2, 0) is 4.74 Å². The van der Waals surface area contributed by atoms with E-state index in [0.717, 1.165) is 30.8 Å². The maximum Gasteiger partial charge on any atom is 0.270 e. The Balaban J connectivity index is 1.59. The molecule has 1 amide bonds. The molecule has 8 heteroatoms. The summed E-state index contributed by atoms with van der Waals surface area (Å²) in [5.41, 5.74) is 2.15. The van der Waals surface area contributed by atoms with E-state index in [1.165, 1.54) is 11.3 Å². The molecule has 1 aliphatic heterocycles. The molecule has 0 spiro atoms. The Kier molecular flexibility index (Phi) is 4.82. The van der Waals surface area contributed by atoms with E-state index in [1.54, 1.807) is 5.38 Å².